The summed E-state index contributed by atoms with van der Waals surface area (Å²) in [7, 11) is 3.49. The Morgan fingerprint density at radius 3 is 2.89 bits per heavy atom. The highest BCUT2D eigenvalue weighted by Crippen LogP contribution is 2.29. The van der Waals surface area contributed by atoms with Crippen LogP contribution in [0, 0.1) is 0 Å². The van der Waals surface area contributed by atoms with Gasteiger partial charge in [-0.1, -0.05) is 0 Å². The summed E-state index contributed by atoms with van der Waals surface area (Å²) < 4.78 is 10.4. The lowest BCUT2D eigenvalue weighted by Gasteiger charge is -2.08. The Hall–Kier alpha value is -2.24. The van der Waals surface area contributed by atoms with Crippen molar-refractivity contribution in [3.63, 3.8) is 0 Å². The van der Waals surface area contributed by atoms with Gasteiger partial charge >= 0.3 is 0 Å². The Labute approximate surface area is 105 Å². The number of methoxy groups -OCH3 is 1. The molecule has 1 aromatic carbocycles. The van der Waals surface area contributed by atoms with E-state index in [9.17, 15) is 0 Å². The van der Waals surface area contributed by atoms with E-state index in [2.05, 4.69) is 10.1 Å². The summed E-state index contributed by atoms with van der Waals surface area (Å²) in [6.45, 7) is 2.81. The second kappa shape index (κ2) is 4.95. The Morgan fingerprint density at radius 2 is 2.22 bits per heavy atom. The van der Waals surface area contributed by atoms with Crippen LogP contribution in [0.3, 0.4) is 0 Å². The van der Waals surface area contributed by atoms with Crippen molar-refractivity contribution in [1.29, 1.82) is 0 Å². The molecule has 0 amide bonds. The van der Waals surface area contributed by atoms with Crippen LogP contribution in [0.25, 0.3) is 11.5 Å². The lowest BCUT2D eigenvalue weighted by atomic mass is 10.1. The first-order chi connectivity index (χ1) is 8.65. The van der Waals surface area contributed by atoms with Crippen LogP contribution in [0.5, 0.6) is 5.75 Å². The summed E-state index contributed by atoms with van der Waals surface area (Å²) in [5.74, 6) is 1.62. The first kappa shape index (κ1) is 12.2. The second-order valence-electron chi connectivity index (χ2n) is 3.87. The third kappa shape index (κ3) is 2.22. The van der Waals surface area contributed by atoms with E-state index in [0.29, 0.717) is 28.8 Å². The minimum atomic E-state index is 0.390. The molecule has 2 rings (SSSR count). The largest absolute Gasteiger partial charge is 0.497 e. The molecule has 1 heterocycles. The average molecular weight is 248 g/mol. The van der Waals surface area contributed by atoms with Gasteiger partial charge in [0.15, 0.2) is 0 Å². The van der Waals surface area contributed by atoms with Crippen molar-refractivity contribution in [1.82, 2.24) is 10.1 Å². The van der Waals surface area contributed by atoms with Gasteiger partial charge in [-0.2, -0.15) is 4.98 Å². The number of nitrogens with two attached hydrogens (primary N) is 1. The van der Waals surface area contributed by atoms with E-state index in [-0.39, 0.29) is 0 Å². The van der Waals surface area contributed by atoms with Crippen LogP contribution >= 0.6 is 0 Å². The molecule has 6 heteroatoms. The fourth-order valence-electron chi connectivity index (χ4n) is 1.47. The lowest BCUT2D eigenvalue weighted by Crippen LogP contribution is -2.16. The van der Waals surface area contributed by atoms with E-state index in [1.54, 1.807) is 25.3 Å². The molecule has 0 saturated heterocycles. The standard InChI is InChI=1S/C12H16N4O2/c1-4-16(2)12-14-11(18-15-12)9-7-8(17-3)5-6-10(9)13/h5-7H,4,13H2,1-3H3. The molecule has 0 spiro atoms. The zero-order chi connectivity index (χ0) is 13.1. The molecule has 96 valence electrons. The maximum Gasteiger partial charge on any atom is 0.266 e. The number of hydrogen-bond donors (Lipinski definition) is 1. The van der Waals surface area contributed by atoms with Crippen LogP contribution in [0.15, 0.2) is 22.7 Å². The third-order valence-corrected chi connectivity index (χ3v) is 2.72. The molecule has 2 aromatic rings. The summed E-state index contributed by atoms with van der Waals surface area (Å²) in [5.41, 5.74) is 7.15. The summed E-state index contributed by atoms with van der Waals surface area (Å²) in [5, 5.41) is 3.90. The van der Waals surface area contributed by atoms with Gasteiger partial charge in [-0.25, -0.2) is 0 Å². The maximum atomic E-state index is 5.90. The summed E-state index contributed by atoms with van der Waals surface area (Å²) in [6.07, 6.45) is 0. The highest BCUT2D eigenvalue weighted by Gasteiger charge is 2.14. The Kier molecular flexibility index (Phi) is 3.36. The highest BCUT2D eigenvalue weighted by molar-refractivity contribution is 5.72. The van der Waals surface area contributed by atoms with Gasteiger partial charge in [0.05, 0.1) is 12.7 Å². The van der Waals surface area contributed by atoms with Crippen LogP contribution in [0.2, 0.25) is 0 Å². The van der Waals surface area contributed by atoms with Gasteiger partial charge in [-0.05, 0) is 30.3 Å². The van der Waals surface area contributed by atoms with Crippen LogP contribution < -0.4 is 15.4 Å². The van der Waals surface area contributed by atoms with Crippen LogP contribution in [0.1, 0.15) is 6.92 Å². The van der Waals surface area contributed by atoms with Crippen LogP contribution in [0.4, 0.5) is 11.6 Å². The number of nitrogen functional groups attached to an aromatic ring is 1. The number of nitrogens with zero attached hydrogens (tertiary/aromatic N) is 3. The Bertz CT molecular complexity index is 539. The minimum absolute atomic E-state index is 0.390. The smallest absolute Gasteiger partial charge is 0.266 e. The number of anilines is 2. The molecule has 18 heavy (non-hydrogen) atoms. The van der Waals surface area contributed by atoms with Gasteiger partial charge in [-0.3, -0.25) is 0 Å². The number of rotatable bonds is 4. The summed E-state index contributed by atoms with van der Waals surface area (Å²) >= 11 is 0. The van der Waals surface area contributed by atoms with Crippen molar-refractivity contribution in [2.75, 3.05) is 31.3 Å². The van der Waals surface area contributed by atoms with E-state index >= 15 is 0 Å². The fourth-order valence-corrected chi connectivity index (χ4v) is 1.47. The van der Waals surface area contributed by atoms with E-state index in [4.69, 9.17) is 15.0 Å². The molecular weight excluding hydrogens is 232 g/mol. The Morgan fingerprint density at radius 1 is 1.44 bits per heavy atom. The van der Waals surface area contributed by atoms with E-state index in [0.717, 1.165) is 6.54 Å². The molecule has 0 radical (unpaired) electrons. The maximum absolute atomic E-state index is 5.90. The zero-order valence-corrected chi connectivity index (χ0v) is 10.7. The van der Waals surface area contributed by atoms with Gasteiger partial charge < -0.3 is 19.9 Å². The first-order valence-corrected chi connectivity index (χ1v) is 5.64. The quantitative estimate of drug-likeness (QED) is 0.831. The molecule has 0 fully saturated rings. The van der Waals surface area contributed by atoms with Gasteiger partial charge in [0, 0.05) is 19.3 Å². The molecule has 0 bridgehead atoms. The molecule has 0 aliphatic carbocycles. The van der Waals surface area contributed by atoms with Crippen molar-refractivity contribution in [2.45, 2.75) is 6.92 Å². The molecule has 1 aromatic heterocycles. The molecular formula is C12H16N4O2. The number of ether oxygens (including phenoxy) is 1. The average Bonchev–Trinajstić information content (AvgIpc) is 2.88. The molecule has 0 atom stereocenters. The normalized spacial score (nSPS) is 10.4. The third-order valence-electron chi connectivity index (χ3n) is 2.72. The monoisotopic (exact) mass is 248 g/mol. The SMILES string of the molecule is CCN(C)c1noc(-c2cc(OC)ccc2N)n1. The molecule has 0 aliphatic heterocycles. The van der Waals surface area contributed by atoms with Gasteiger partial charge in [0.25, 0.3) is 11.8 Å². The molecule has 0 unspecified atom stereocenters. The second-order valence-corrected chi connectivity index (χ2v) is 3.87. The van der Waals surface area contributed by atoms with Crippen molar-refractivity contribution in [3.8, 4) is 17.2 Å². The van der Waals surface area contributed by atoms with Crippen LogP contribution in [-0.2, 0) is 0 Å². The molecule has 0 saturated carbocycles. The number of aromatic nitrogens is 2. The number of hydrogen-bond acceptors (Lipinski definition) is 6. The predicted molar refractivity (Wildman–Crippen MR) is 69.6 cm³/mol. The lowest BCUT2D eigenvalue weighted by molar-refractivity contribution is 0.413. The van der Waals surface area contributed by atoms with E-state index in [1.165, 1.54) is 0 Å². The summed E-state index contributed by atoms with van der Waals surface area (Å²) in [4.78, 5) is 6.18. The van der Waals surface area contributed by atoms with Crippen molar-refractivity contribution in [2.24, 2.45) is 0 Å². The molecule has 2 N–H and O–H groups in total. The molecule has 6 nitrogen and oxygen atoms in total. The number of benzene rings is 1. The highest BCUT2D eigenvalue weighted by atomic mass is 16.5. The van der Waals surface area contributed by atoms with Crippen molar-refractivity contribution >= 4 is 11.6 Å². The minimum Gasteiger partial charge on any atom is -0.497 e. The van der Waals surface area contributed by atoms with Gasteiger partial charge in [-0.15, -0.1) is 0 Å². The fraction of sp³-hybridized carbons (Fsp3) is 0.333. The zero-order valence-electron chi connectivity index (χ0n) is 10.7. The topological polar surface area (TPSA) is 77.4 Å². The summed E-state index contributed by atoms with van der Waals surface area (Å²) in [6, 6.07) is 5.31. The molecule has 0 aliphatic rings. The first-order valence-electron chi connectivity index (χ1n) is 5.64. The van der Waals surface area contributed by atoms with Crippen molar-refractivity contribution in [3.05, 3.63) is 18.2 Å². The Balaban J connectivity index is 2.39. The van der Waals surface area contributed by atoms with Gasteiger partial charge in [0.2, 0.25) is 0 Å². The predicted octanol–water partition coefficient (Wildman–Crippen LogP) is 1.78. The van der Waals surface area contributed by atoms with Gasteiger partial charge in [0.1, 0.15) is 5.75 Å². The van der Waals surface area contributed by atoms with E-state index in [1.807, 2.05) is 18.9 Å². The van der Waals surface area contributed by atoms with Crippen molar-refractivity contribution < 1.29 is 9.26 Å². The van der Waals surface area contributed by atoms with Crippen LogP contribution in [-0.4, -0.2) is 30.8 Å². The van der Waals surface area contributed by atoms with E-state index < -0.39 is 0 Å².